The molecule has 3 rings (SSSR count). The summed E-state index contributed by atoms with van der Waals surface area (Å²) < 4.78 is 0. The lowest BCUT2D eigenvalue weighted by Crippen LogP contribution is -2.43. The Morgan fingerprint density at radius 1 is 1.06 bits per heavy atom. The van der Waals surface area contributed by atoms with Crippen LogP contribution in [0.1, 0.15) is 55.7 Å². The van der Waals surface area contributed by atoms with Gasteiger partial charge in [0.2, 0.25) is 0 Å². The van der Waals surface area contributed by atoms with Gasteiger partial charge in [0, 0.05) is 5.54 Å². The Kier molecular flexibility index (Phi) is 3.43. The third-order valence-corrected chi connectivity index (χ3v) is 4.71. The average molecular weight is 243 g/mol. The number of hydrogen-bond donors (Lipinski definition) is 1. The van der Waals surface area contributed by atoms with Crippen molar-refractivity contribution in [2.24, 2.45) is 0 Å². The Morgan fingerprint density at radius 3 is 2.89 bits per heavy atom. The van der Waals surface area contributed by atoms with Gasteiger partial charge in [-0.05, 0) is 68.7 Å². The van der Waals surface area contributed by atoms with Crippen LogP contribution < -0.4 is 5.32 Å². The van der Waals surface area contributed by atoms with E-state index in [1.807, 2.05) is 0 Å². The maximum atomic E-state index is 3.77. The van der Waals surface area contributed by atoms with Crippen molar-refractivity contribution in [3.05, 3.63) is 34.9 Å². The van der Waals surface area contributed by atoms with Gasteiger partial charge in [0.25, 0.3) is 0 Å². The first-order valence-electron chi connectivity index (χ1n) is 7.61. The molecule has 98 valence electrons. The molecule has 1 saturated heterocycles. The van der Waals surface area contributed by atoms with E-state index in [-0.39, 0.29) is 0 Å². The van der Waals surface area contributed by atoms with Crippen molar-refractivity contribution >= 4 is 0 Å². The first-order chi connectivity index (χ1) is 8.75. The van der Waals surface area contributed by atoms with Gasteiger partial charge in [0.1, 0.15) is 0 Å². The van der Waals surface area contributed by atoms with E-state index in [1.165, 1.54) is 63.5 Å². The number of nitrogens with one attached hydrogen (secondary N) is 1. The maximum Gasteiger partial charge on any atom is 0.0193 e. The van der Waals surface area contributed by atoms with Crippen molar-refractivity contribution in [3.8, 4) is 0 Å². The van der Waals surface area contributed by atoms with Crippen LogP contribution in [0.15, 0.2) is 18.2 Å². The number of benzene rings is 1. The standard InChI is InChI=1S/C17H25N/c1-17(10-3-2-4-11-18-17)13-14-8-9-15-6-5-7-16(15)12-14/h8-9,12,18H,2-7,10-11,13H2,1H3. The van der Waals surface area contributed by atoms with Gasteiger partial charge in [-0.1, -0.05) is 31.0 Å². The van der Waals surface area contributed by atoms with Crippen molar-refractivity contribution in [2.45, 2.75) is 63.8 Å². The highest BCUT2D eigenvalue weighted by molar-refractivity contribution is 5.36. The largest absolute Gasteiger partial charge is 0.311 e. The maximum absolute atomic E-state index is 3.77. The van der Waals surface area contributed by atoms with Crippen LogP contribution >= 0.6 is 0 Å². The first-order valence-corrected chi connectivity index (χ1v) is 7.61. The molecular formula is C17H25N. The van der Waals surface area contributed by atoms with Crippen molar-refractivity contribution in [3.63, 3.8) is 0 Å². The first kappa shape index (κ1) is 12.2. The topological polar surface area (TPSA) is 12.0 Å². The molecule has 1 unspecified atom stereocenters. The van der Waals surface area contributed by atoms with E-state index in [4.69, 9.17) is 0 Å². The number of rotatable bonds is 2. The van der Waals surface area contributed by atoms with Crippen LogP contribution in [0.5, 0.6) is 0 Å². The third-order valence-electron chi connectivity index (χ3n) is 4.71. The summed E-state index contributed by atoms with van der Waals surface area (Å²) in [5, 5.41) is 3.77. The summed E-state index contributed by atoms with van der Waals surface area (Å²) in [5.41, 5.74) is 5.07. The summed E-state index contributed by atoms with van der Waals surface area (Å²) in [6, 6.07) is 7.21. The fraction of sp³-hybridized carbons (Fsp3) is 0.647. The Balaban J connectivity index is 1.75. The molecule has 0 radical (unpaired) electrons. The summed E-state index contributed by atoms with van der Waals surface area (Å²) in [6.07, 6.45) is 10.6. The smallest absolute Gasteiger partial charge is 0.0193 e. The molecule has 18 heavy (non-hydrogen) atoms. The predicted molar refractivity (Wildman–Crippen MR) is 77.0 cm³/mol. The van der Waals surface area contributed by atoms with Gasteiger partial charge in [-0.3, -0.25) is 0 Å². The predicted octanol–water partition coefficient (Wildman–Crippen LogP) is 3.64. The summed E-state index contributed by atoms with van der Waals surface area (Å²) in [7, 11) is 0. The number of hydrogen-bond acceptors (Lipinski definition) is 1. The van der Waals surface area contributed by atoms with Crippen molar-refractivity contribution in [1.82, 2.24) is 5.32 Å². The highest BCUT2D eigenvalue weighted by Crippen LogP contribution is 2.27. The lowest BCUT2D eigenvalue weighted by molar-refractivity contribution is 0.345. The summed E-state index contributed by atoms with van der Waals surface area (Å²) in [5.74, 6) is 0. The molecule has 1 atom stereocenters. The molecule has 1 aliphatic heterocycles. The Morgan fingerprint density at radius 2 is 1.94 bits per heavy atom. The van der Waals surface area contributed by atoms with E-state index in [9.17, 15) is 0 Å². The van der Waals surface area contributed by atoms with E-state index < -0.39 is 0 Å². The lowest BCUT2D eigenvalue weighted by atomic mass is 9.87. The van der Waals surface area contributed by atoms with Crippen molar-refractivity contribution < 1.29 is 0 Å². The molecule has 0 spiro atoms. The highest BCUT2D eigenvalue weighted by Gasteiger charge is 2.25. The summed E-state index contributed by atoms with van der Waals surface area (Å²) >= 11 is 0. The monoisotopic (exact) mass is 243 g/mol. The molecular weight excluding hydrogens is 218 g/mol. The van der Waals surface area contributed by atoms with Gasteiger partial charge in [-0.25, -0.2) is 0 Å². The van der Waals surface area contributed by atoms with E-state index in [0.29, 0.717) is 5.54 Å². The Bertz CT molecular complexity index is 414. The molecule has 2 aliphatic rings. The molecule has 1 aliphatic carbocycles. The zero-order chi connectivity index (χ0) is 12.4. The molecule has 1 fully saturated rings. The Hall–Kier alpha value is -0.820. The van der Waals surface area contributed by atoms with Gasteiger partial charge in [-0.15, -0.1) is 0 Å². The summed E-state index contributed by atoms with van der Waals surface area (Å²) in [4.78, 5) is 0. The van der Waals surface area contributed by atoms with E-state index in [2.05, 4.69) is 30.4 Å². The average Bonchev–Trinajstić information content (AvgIpc) is 2.71. The molecule has 0 aromatic heterocycles. The molecule has 1 aromatic carbocycles. The number of aryl methyl sites for hydroxylation is 2. The fourth-order valence-electron chi connectivity index (χ4n) is 3.63. The minimum Gasteiger partial charge on any atom is -0.311 e. The zero-order valence-electron chi connectivity index (χ0n) is 11.6. The van der Waals surface area contributed by atoms with Crippen molar-refractivity contribution in [2.75, 3.05) is 6.54 Å². The van der Waals surface area contributed by atoms with Gasteiger partial charge in [-0.2, -0.15) is 0 Å². The molecule has 1 nitrogen and oxygen atoms in total. The van der Waals surface area contributed by atoms with Crippen LogP contribution in [-0.2, 0) is 19.3 Å². The highest BCUT2D eigenvalue weighted by atomic mass is 15.0. The third kappa shape index (κ3) is 2.61. The van der Waals surface area contributed by atoms with Crippen LogP contribution in [0.4, 0.5) is 0 Å². The number of fused-ring (bicyclic) bond motifs is 1. The molecule has 0 saturated carbocycles. The fourth-order valence-corrected chi connectivity index (χ4v) is 3.63. The molecule has 0 bridgehead atoms. The van der Waals surface area contributed by atoms with Crippen LogP contribution in [0, 0.1) is 0 Å². The van der Waals surface area contributed by atoms with Gasteiger partial charge < -0.3 is 5.32 Å². The van der Waals surface area contributed by atoms with E-state index in [0.717, 1.165) is 0 Å². The normalized spacial score (nSPS) is 27.8. The second-order valence-corrected chi connectivity index (χ2v) is 6.43. The van der Waals surface area contributed by atoms with Gasteiger partial charge in [0.05, 0.1) is 0 Å². The van der Waals surface area contributed by atoms with Gasteiger partial charge in [0.15, 0.2) is 0 Å². The lowest BCUT2D eigenvalue weighted by Gasteiger charge is -2.29. The quantitative estimate of drug-likeness (QED) is 0.836. The van der Waals surface area contributed by atoms with Crippen molar-refractivity contribution in [1.29, 1.82) is 0 Å². The zero-order valence-corrected chi connectivity index (χ0v) is 11.6. The second kappa shape index (κ2) is 5.05. The molecule has 1 N–H and O–H groups in total. The minimum absolute atomic E-state index is 0.323. The van der Waals surface area contributed by atoms with Crippen LogP contribution in [0.2, 0.25) is 0 Å². The second-order valence-electron chi connectivity index (χ2n) is 6.43. The SMILES string of the molecule is CC1(Cc2ccc3c(c2)CCC3)CCCCCN1. The van der Waals surface area contributed by atoms with Gasteiger partial charge >= 0.3 is 0 Å². The van der Waals surface area contributed by atoms with Crippen LogP contribution in [0.3, 0.4) is 0 Å². The molecule has 1 heteroatoms. The van der Waals surface area contributed by atoms with Crippen LogP contribution in [0.25, 0.3) is 0 Å². The molecule has 1 aromatic rings. The molecule has 0 amide bonds. The van der Waals surface area contributed by atoms with E-state index >= 15 is 0 Å². The van der Waals surface area contributed by atoms with E-state index in [1.54, 1.807) is 11.1 Å². The Labute approximate surface area is 111 Å². The molecule has 1 heterocycles. The minimum atomic E-state index is 0.323. The van der Waals surface area contributed by atoms with Crippen LogP contribution in [-0.4, -0.2) is 12.1 Å². The summed E-state index contributed by atoms with van der Waals surface area (Å²) in [6.45, 7) is 3.60.